The summed E-state index contributed by atoms with van der Waals surface area (Å²) in [5.74, 6) is 0. The number of hydrogen-bond donors (Lipinski definition) is 1. The van der Waals surface area contributed by atoms with Gasteiger partial charge < -0.3 is 5.73 Å². The first kappa shape index (κ1) is 8.15. The Kier molecular flexibility index (Phi) is 1.69. The summed E-state index contributed by atoms with van der Waals surface area (Å²) in [5.41, 5.74) is 9.42. The first-order valence-corrected chi connectivity index (χ1v) is 5.47. The van der Waals surface area contributed by atoms with Crippen LogP contribution in [0.5, 0.6) is 0 Å². The van der Waals surface area contributed by atoms with Crippen LogP contribution in [-0.2, 0) is 13.0 Å². The maximum absolute atomic E-state index is 5.58. The van der Waals surface area contributed by atoms with Gasteiger partial charge in [-0.15, -0.1) is 11.3 Å². The average Bonchev–Trinajstić information content (AvgIpc) is 2.73. The minimum atomic E-state index is 0.555. The van der Waals surface area contributed by atoms with Crippen molar-refractivity contribution in [1.82, 2.24) is 4.98 Å². The molecule has 3 heteroatoms. The molecule has 2 aromatic rings. The molecule has 1 aliphatic carbocycles. The highest BCUT2D eigenvalue weighted by Crippen LogP contribution is 2.38. The van der Waals surface area contributed by atoms with Gasteiger partial charge in [0, 0.05) is 23.4 Å². The largest absolute Gasteiger partial charge is 0.325 e. The van der Waals surface area contributed by atoms with E-state index in [1.165, 1.54) is 16.0 Å². The van der Waals surface area contributed by atoms with Gasteiger partial charge in [-0.2, -0.15) is 0 Å². The van der Waals surface area contributed by atoms with Gasteiger partial charge in [0.25, 0.3) is 0 Å². The van der Waals surface area contributed by atoms with Gasteiger partial charge in [0.05, 0.1) is 5.69 Å². The number of aromatic nitrogens is 1. The van der Waals surface area contributed by atoms with Crippen LogP contribution in [0.1, 0.15) is 15.4 Å². The number of thiazole rings is 1. The molecular formula is C11H10N2S. The van der Waals surface area contributed by atoms with Crippen LogP contribution in [0.15, 0.2) is 24.3 Å². The van der Waals surface area contributed by atoms with Crippen molar-refractivity contribution in [2.24, 2.45) is 5.73 Å². The molecule has 0 saturated carbocycles. The van der Waals surface area contributed by atoms with Gasteiger partial charge in [0.15, 0.2) is 0 Å². The van der Waals surface area contributed by atoms with Crippen LogP contribution in [0, 0.1) is 0 Å². The van der Waals surface area contributed by atoms with E-state index in [1.54, 1.807) is 11.3 Å². The summed E-state index contributed by atoms with van der Waals surface area (Å²) in [6, 6.07) is 8.46. The smallest absolute Gasteiger partial charge is 0.107 e. The fraction of sp³-hybridized carbons (Fsp3) is 0.182. The standard InChI is InChI=1S/C11H10N2S/c12-6-10-13-11-8-4-2-1-3-7(8)5-9(11)14-10/h1-4H,5-6,12H2. The molecule has 3 rings (SSSR count). The van der Waals surface area contributed by atoms with Gasteiger partial charge in [-0.1, -0.05) is 24.3 Å². The molecule has 0 amide bonds. The molecular weight excluding hydrogens is 192 g/mol. The first-order chi connectivity index (χ1) is 6.88. The van der Waals surface area contributed by atoms with Crippen LogP contribution in [0.3, 0.4) is 0 Å². The fourth-order valence-electron chi connectivity index (χ4n) is 1.90. The Balaban J connectivity index is 2.20. The Morgan fingerprint density at radius 3 is 3.07 bits per heavy atom. The van der Waals surface area contributed by atoms with Crippen molar-refractivity contribution in [3.63, 3.8) is 0 Å². The van der Waals surface area contributed by atoms with E-state index in [9.17, 15) is 0 Å². The van der Waals surface area contributed by atoms with E-state index in [0.717, 1.165) is 17.1 Å². The SMILES string of the molecule is NCc1nc2c(s1)Cc1ccccc1-2. The van der Waals surface area contributed by atoms with Crippen LogP contribution in [0.25, 0.3) is 11.3 Å². The summed E-state index contributed by atoms with van der Waals surface area (Å²) in [5, 5.41) is 1.05. The minimum Gasteiger partial charge on any atom is -0.325 e. The molecule has 70 valence electrons. The van der Waals surface area contributed by atoms with E-state index < -0.39 is 0 Å². The minimum absolute atomic E-state index is 0.555. The van der Waals surface area contributed by atoms with Gasteiger partial charge in [0.2, 0.25) is 0 Å². The van der Waals surface area contributed by atoms with Crippen LogP contribution in [0.4, 0.5) is 0 Å². The van der Waals surface area contributed by atoms with E-state index in [1.807, 2.05) is 0 Å². The summed E-state index contributed by atoms with van der Waals surface area (Å²) < 4.78 is 0. The van der Waals surface area contributed by atoms with Crippen molar-refractivity contribution in [3.05, 3.63) is 39.7 Å². The predicted molar refractivity (Wildman–Crippen MR) is 58.2 cm³/mol. The number of nitrogens with two attached hydrogens (primary N) is 1. The molecule has 1 heterocycles. The highest BCUT2D eigenvalue weighted by Gasteiger charge is 2.21. The summed E-state index contributed by atoms with van der Waals surface area (Å²) in [6.45, 7) is 0.555. The zero-order valence-electron chi connectivity index (χ0n) is 7.66. The van der Waals surface area contributed by atoms with Gasteiger partial charge in [-0.3, -0.25) is 0 Å². The van der Waals surface area contributed by atoms with Gasteiger partial charge in [0.1, 0.15) is 5.01 Å². The number of rotatable bonds is 1. The molecule has 0 saturated heterocycles. The molecule has 0 bridgehead atoms. The number of fused-ring (bicyclic) bond motifs is 3. The molecule has 1 aromatic carbocycles. The quantitative estimate of drug-likeness (QED) is 0.657. The second-order valence-corrected chi connectivity index (χ2v) is 4.59. The van der Waals surface area contributed by atoms with Gasteiger partial charge >= 0.3 is 0 Å². The number of nitrogens with zero attached hydrogens (tertiary/aromatic N) is 1. The molecule has 14 heavy (non-hydrogen) atoms. The number of benzene rings is 1. The highest BCUT2D eigenvalue weighted by molar-refractivity contribution is 7.12. The fourth-order valence-corrected chi connectivity index (χ4v) is 2.88. The van der Waals surface area contributed by atoms with Crippen molar-refractivity contribution in [3.8, 4) is 11.3 Å². The molecule has 0 unspecified atom stereocenters. The molecule has 2 nitrogen and oxygen atoms in total. The zero-order chi connectivity index (χ0) is 9.54. The molecule has 1 aliphatic rings. The van der Waals surface area contributed by atoms with E-state index in [-0.39, 0.29) is 0 Å². The molecule has 0 fully saturated rings. The molecule has 0 atom stereocenters. The predicted octanol–water partition coefficient (Wildman–Crippen LogP) is 2.17. The lowest BCUT2D eigenvalue weighted by Crippen LogP contribution is -1.94. The molecule has 0 spiro atoms. The van der Waals surface area contributed by atoms with Crippen molar-refractivity contribution in [2.45, 2.75) is 13.0 Å². The van der Waals surface area contributed by atoms with Crippen LogP contribution in [-0.4, -0.2) is 4.98 Å². The van der Waals surface area contributed by atoms with Crippen molar-refractivity contribution in [1.29, 1.82) is 0 Å². The summed E-state index contributed by atoms with van der Waals surface area (Å²) in [7, 11) is 0. The lowest BCUT2D eigenvalue weighted by atomic mass is 10.1. The second-order valence-electron chi connectivity index (χ2n) is 3.42. The molecule has 2 N–H and O–H groups in total. The average molecular weight is 202 g/mol. The Morgan fingerprint density at radius 1 is 1.36 bits per heavy atom. The van der Waals surface area contributed by atoms with Crippen LogP contribution >= 0.6 is 11.3 Å². The third-order valence-corrected chi connectivity index (χ3v) is 3.62. The maximum atomic E-state index is 5.58. The molecule has 0 aliphatic heterocycles. The highest BCUT2D eigenvalue weighted by atomic mass is 32.1. The molecule has 1 aromatic heterocycles. The molecule has 0 radical (unpaired) electrons. The van der Waals surface area contributed by atoms with Crippen LogP contribution in [0.2, 0.25) is 0 Å². The topological polar surface area (TPSA) is 38.9 Å². The monoisotopic (exact) mass is 202 g/mol. The van der Waals surface area contributed by atoms with E-state index >= 15 is 0 Å². The third kappa shape index (κ3) is 1.03. The summed E-state index contributed by atoms with van der Waals surface area (Å²) in [4.78, 5) is 5.91. The van der Waals surface area contributed by atoms with Gasteiger partial charge in [-0.05, 0) is 5.56 Å². The lowest BCUT2D eigenvalue weighted by Gasteiger charge is -1.96. The normalized spacial score (nSPS) is 12.6. The Hall–Kier alpha value is -1.19. The van der Waals surface area contributed by atoms with E-state index in [2.05, 4.69) is 29.2 Å². The van der Waals surface area contributed by atoms with Gasteiger partial charge in [-0.25, -0.2) is 4.98 Å². The second kappa shape index (κ2) is 2.90. The van der Waals surface area contributed by atoms with Crippen LogP contribution < -0.4 is 5.73 Å². The number of hydrogen-bond acceptors (Lipinski definition) is 3. The van der Waals surface area contributed by atoms with E-state index in [0.29, 0.717) is 6.54 Å². The lowest BCUT2D eigenvalue weighted by molar-refractivity contribution is 1.04. The van der Waals surface area contributed by atoms with Crippen molar-refractivity contribution < 1.29 is 0 Å². The zero-order valence-corrected chi connectivity index (χ0v) is 8.47. The summed E-state index contributed by atoms with van der Waals surface area (Å²) >= 11 is 1.74. The van der Waals surface area contributed by atoms with Crippen molar-refractivity contribution in [2.75, 3.05) is 0 Å². The maximum Gasteiger partial charge on any atom is 0.107 e. The first-order valence-electron chi connectivity index (χ1n) is 4.65. The Labute approximate surface area is 86.4 Å². The summed E-state index contributed by atoms with van der Waals surface area (Å²) in [6.07, 6.45) is 1.03. The third-order valence-electron chi connectivity index (χ3n) is 2.54. The Morgan fingerprint density at radius 2 is 2.21 bits per heavy atom. The Bertz CT molecular complexity index is 488. The van der Waals surface area contributed by atoms with E-state index in [4.69, 9.17) is 5.73 Å². The van der Waals surface area contributed by atoms with Crippen molar-refractivity contribution >= 4 is 11.3 Å².